The fraction of sp³-hybridized carbons (Fsp3) is 0.368. The number of carbonyl (C=O) groups excluding carboxylic acids is 3. The van der Waals surface area contributed by atoms with E-state index < -0.39 is 11.9 Å². The van der Waals surface area contributed by atoms with Gasteiger partial charge in [-0.15, -0.1) is 11.3 Å². The minimum atomic E-state index is -0.554. The molecule has 1 aliphatic carbocycles. The number of piperidine rings is 1. The van der Waals surface area contributed by atoms with Crippen LogP contribution in [-0.2, 0) is 9.59 Å². The molecule has 0 radical (unpaired) electrons. The number of nitrogens with zero attached hydrogens (tertiary/aromatic N) is 2. The number of rotatable bonds is 4. The Labute approximate surface area is 160 Å². The normalized spacial score (nSPS) is 23.0. The summed E-state index contributed by atoms with van der Waals surface area (Å²) in [6.07, 6.45) is 1.56. The number of likely N-dealkylation sites (tertiary alicyclic amines) is 1. The van der Waals surface area contributed by atoms with Crippen LogP contribution in [0.15, 0.2) is 24.3 Å². The summed E-state index contributed by atoms with van der Waals surface area (Å²) in [6, 6.07) is 6.85. The fourth-order valence-electron chi connectivity index (χ4n) is 3.83. The Bertz CT molecular complexity index is 954. The van der Waals surface area contributed by atoms with Gasteiger partial charge in [-0.05, 0) is 43.4 Å². The molecular formula is C19H20N4O3S. The molecule has 0 spiro atoms. The molecule has 0 bridgehead atoms. The lowest BCUT2D eigenvalue weighted by Gasteiger charge is -2.24. The fourth-order valence-corrected chi connectivity index (χ4v) is 4.74. The Morgan fingerprint density at radius 3 is 2.78 bits per heavy atom. The van der Waals surface area contributed by atoms with E-state index in [0.717, 1.165) is 21.9 Å². The van der Waals surface area contributed by atoms with E-state index in [-0.39, 0.29) is 17.9 Å². The number of hydrogen-bond acceptors (Lipinski definition) is 5. The van der Waals surface area contributed by atoms with Crippen molar-refractivity contribution in [3.8, 4) is 10.4 Å². The highest BCUT2D eigenvalue weighted by molar-refractivity contribution is 7.15. The molecule has 7 nitrogen and oxygen atoms in total. The smallest absolute Gasteiger partial charge is 0.274 e. The van der Waals surface area contributed by atoms with Crippen molar-refractivity contribution in [1.29, 1.82) is 0 Å². The van der Waals surface area contributed by atoms with Crippen LogP contribution >= 0.6 is 11.3 Å². The molecule has 1 saturated heterocycles. The summed E-state index contributed by atoms with van der Waals surface area (Å²) in [4.78, 5) is 43.2. The number of benzene rings is 1. The average molecular weight is 384 g/mol. The first kappa shape index (κ1) is 17.7. The molecule has 27 heavy (non-hydrogen) atoms. The minimum Gasteiger partial charge on any atom is -0.368 e. The molecule has 1 aliphatic heterocycles. The van der Waals surface area contributed by atoms with Gasteiger partial charge in [0.05, 0.1) is 9.88 Å². The molecule has 3 N–H and O–H groups in total. The molecule has 2 aliphatic rings. The molecule has 4 rings (SSSR count). The van der Waals surface area contributed by atoms with E-state index in [1.54, 1.807) is 11.0 Å². The number of aryl methyl sites for hydroxylation is 1. The zero-order valence-corrected chi connectivity index (χ0v) is 15.9. The summed E-state index contributed by atoms with van der Waals surface area (Å²) in [5.74, 6) is -0.493. The zero-order chi connectivity index (χ0) is 19.3. The summed E-state index contributed by atoms with van der Waals surface area (Å²) in [7, 11) is 0. The second-order valence-corrected chi connectivity index (χ2v) is 8.31. The molecule has 8 heteroatoms. The predicted molar refractivity (Wildman–Crippen MR) is 102 cm³/mol. The molecule has 3 amide bonds. The standard InChI is InChI=1S/C19H20N4O3S/c1-9(24)21-13-5-3-4-11(6-13)17-16(22-10(2)27-17)19(26)23-14-7-12(14)8-15(23)18(20)25/h3-6,12,14-15H,7-8H2,1-2H3,(H2,20,25)(H,21,24)/t12-,14+,15+/m1/s1. The van der Waals surface area contributed by atoms with Crippen LogP contribution in [0.1, 0.15) is 35.3 Å². The lowest BCUT2D eigenvalue weighted by Crippen LogP contribution is -2.46. The Kier molecular flexibility index (Phi) is 4.22. The number of hydrogen-bond donors (Lipinski definition) is 2. The number of anilines is 1. The van der Waals surface area contributed by atoms with Gasteiger partial charge in [-0.25, -0.2) is 4.98 Å². The molecule has 140 valence electrons. The van der Waals surface area contributed by atoms with Crippen LogP contribution < -0.4 is 11.1 Å². The molecule has 2 aromatic rings. The Morgan fingerprint density at radius 2 is 2.07 bits per heavy atom. The van der Waals surface area contributed by atoms with Crippen molar-refractivity contribution in [2.24, 2.45) is 11.7 Å². The van der Waals surface area contributed by atoms with Crippen molar-refractivity contribution >= 4 is 34.7 Å². The second kappa shape index (κ2) is 6.45. The number of nitrogens with one attached hydrogen (secondary N) is 1. The van der Waals surface area contributed by atoms with Crippen molar-refractivity contribution in [3.63, 3.8) is 0 Å². The van der Waals surface area contributed by atoms with Crippen LogP contribution in [0, 0.1) is 12.8 Å². The predicted octanol–water partition coefficient (Wildman–Crippen LogP) is 2.17. The van der Waals surface area contributed by atoms with Gasteiger partial charge in [-0.1, -0.05) is 12.1 Å². The van der Waals surface area contributed by atoms with Crippen LogP contribution in [-0.4, -0.2) is 39.7 Å². The van der Waals surface area contributed by atoms with E-state index >= 15 is 0 Å². The van der Waals surface area contributed by atoms with Gasteiger partial charge in [0.2, 0.25) is 11.8 Å². The summed E-state index contributed by atoms with van der Waals surface area (Å²) in [5.41, 5.74) is 7.32. The van der Waals surface area contributed by atoms with Crippen molar-refractivity contribution in [2.75, 3.05) is 5.32 Å². The van der Waals surface area contributed by atoms with E-state index in [0.29, 0.717) is 23.7 Å². The maximum absolute atomic E-state index is 13.3. The Balaban J connectivity index is 1.70. The lowest BCUT2D eigenvalue weighted by atomic mass is 10.1. The maximum atomic E-state index is 13.3. The van der Waals surface area contributed by atoms with Crippen LogP contribution in [0.3, 0.4) is 0 Å². The van der Waals surface area contributed by atoms with Gasteiger partial charge in [0.25, 0.3) is 5.91 Å². The van der Waals surface area contributed by atoms with Crippen molar-refractivity contribution in [3.05, 3.63) is 35.0 Å². The first-order valence-corrected chi connectivity index (χ1v) is 9.64. The number of carbonyl (C=O) groups is 3. The highest BCUT2D eigenvalue weighted by Gasteiger charge is 2.56. The highest BCUT2D eigenvalue weighted by atomic mass is 32.1. The molecule has 2 fully saturated rings. The van der Waals surface area contributed by atoms with Gasteiger partial charge in [0.15, 0.2) is 0 Å². The first-order chi connectivity index (χ1) is 12.8. The summed E-state index contributed by atoms with van der Waals surface area (Å²) < 4.78 is 0. The van der Waals surface area contributed by atoms with Gasteiger partial charge in [-0.2, -0.15) is 0 Å². The first-order valence-electron chi connectivity index (χ1n) is 8.82. The van der Waals surface area contributed by atoms with Crippen molar-refractivity contribution in [2.45, 2.75) is 38.8 Å². The number of aromatic nitrogens is 1. The van der Waals surface area contributed by atoms with Gasteiger partial charge in [0, 0.05) is 18.7 Å². The molecular weight excluding hydrogens is 364 g/mol. The Hall–Kier alpha value is -2.74. The van der Waals surface area contributed by atoms with Gasteiger partial charge in [-0.3, -0.25) is 14.4 Å². The number of amides is 3. The molecule has 2 heterocycles. The van der Waals surface area contributed by atoms with E-state index in [1.165, 1.54) is 18.3 Å². The number of thiazole rings is 1. The van der Waals surface area contributed by atoms with E-state index in [1.807, 2.05) is 25.1 Å². The Morgan fingerprint density at radius 1 is 1.30 bits per heavy atom. The average Bonchev–Trinajstić information content (AvgIpc) is 3.09. The molecule has 1 aromatic carbocycles. The highest BCUT2D eigenvalue weighted by Crippen LogP contribution is 2.48. The number of nitrogens with two attached hydrogens (primary N) is 1. The molecule has 1 aromatic heterocycles. The largest absolute Gasteiger partial charge is 0.368 e. The van der Waals surface area contributed by atoms with E-state index in [4.69, 9.17) is 5.73 Å². The van der Waals surface area contributed by atoms with Crippen LogP contribution in [0.2, 0.25) is 0 Å². The topological polar surface area (TPSA) is 105 Å². The maximum Gasteiger partial charge on any atom is 0.274 e. The summed E-state index contributed by atoms with van der Waals surface area (Å²) >= 11 is 1.42. The molecule has 1 saturated carbocycles. The quantitative estimate of drug-likeness (QED) is 0.842. The third-order valence-corrected chi connectivity index (χ3v) is 6.07. The summed E-state index contributed by atoms with van der Waals surface area (Å²) in [6.45, 7) is 3.29. The summed E-state index contributed by atoms with van der Waals surface area (Å²) in [5, 5.41) is 3.51. The second-order valence-electron chi connectivity index (χ2n) is 7.10. The van der Waals surface area contributed by atoms with Gasteiger partial charge < -0.3 is 16.0 Å². The van der Waals surface area contributed by atoms with Gasteiger partial charge >= 0.3 is 0 Å². The van der Waals surface area contributed by atoms with Gasteiger partial charge in [0.1, 0.15) is 11.7 Å². The monoisotopic (exact) mass is 384 g/mol. The lowest BCUT2D eigenvalue weighted by molar-refractivity contribution is -0.122. The third kappa shape index (κ3) is 3.21. The SMILES string of the molecule is CC(=O)Nc1cccc(-c2sc(C)nc2C(=O)N2[C@H](C(N)=O)C[C@H]3C[C@@H]32)c1. The van der Waals surface area contributed by atoms with Crippen LogP contribution in [0.5, 0.6) is 0 Å². The van der Waals surface area contributed by atoms with Crippen molar-refractivity contribution < 1.29 is 14.4 Å². The minimum absolute atomic E-state index is 0.0931. The van der Waals surface area contributed by atoms with E-state index in [2.05, 4.69) is 10.3 Å². The zero-order valence-electron chi connectivity index (χ0n) is 15.1. The number of primary amides is 1. The molecule has 3 atom stereocenters. The van der Waals surface area contributed by atoms with E-state index in [9.17, 15) is 14.4 Å². The number of fused-ring (bicyclic) bond motifs is 1. The van der Waals surface area contributed by atoms with Crippen LogP contribution in [0.4, 0.5) is 5.69 Å². The molecule has 0 unspecified atom stereocenters. The van der Waals surface area contributed by atoms with Crippen LogP contribution in [0.25, 0.3) is 10.4 Å². The third-order valence-electron chi connectivity index (χ3n) is 5.05. The van der Waals surface area contributed by atoms with Crippen molar-refractivity contribution in [1.82, 2.24) is 9.88 Å².